The lowest BCUT2D eigenvalue weighted by Crippen LogP contribution is -2.54. The van der Waals surface area contributed by atoms with Crippen LogP contribution < -0.4 is 15.0 Å². The van der Waals surface area contributed by atoms with Crippen LogP contribution in [0.4, 0.5) is 5.69 Å². The lowest BCUT2D eigenvalue weighted by atomic mass is 10.1. The third-order valence-electron chi connectivity index (χ3n) is 4.35. The van der Waals surface area contributed by atoms with Crippen LogP contribution in [-0.4, -0.2) is 24.0 Å². The lowest BCUT2D eigenvalue weighted by molar-refractivity contribution is -0.122. The zero-order valence-electron chi connectivity index (χ0n) is 16.1. The molecule has 2 amide bonds. The Kier molecular flexibility index (Phi) is 6.13. The second kappa shape index (κ2) is 8.97. The van der Waals surface area contributed by atoms with E-state index in [1.807, 2.05) is 12.1 Å². The first kappa shape index (κ1) is 21.2. The topological polar surface area (TPSA) is 71.8 Å². The highest BCUT2D eigenvalue weighted by Gasteiger charge is 2.36. The van der Waals surface area contributed by atoms with Gasteiger partial charge in [0.2, 0.25) is 0 Å². The van der Waals surface area contributed by atoms with Gasteiger partial charge in [0.15, 0.2) is 10.2 Å². The fourth-order valence-electron chi connectivity index (χ4n) is 2.92. The number of ether oxygens (including phenoxy) is 1. The second-order valence-electron chi connectivity index (χ2n) is 6.34. The summed E-state index contributed by atoms with van der Waals surface area (Å²) in [6.45, 7) is 0. The van der Waals surface area contributed by atoms with Crippen LogP contribution >= 0.6 is 35.6 Å². The second-order valence-corrected chi connectivity index (χ2v) is 8.24. The summed E-state index contributed by atoms with van der Waals surface area (Å²) in [6, 6.07) is 17.7. The minimum absolute atomic E-state index is 0.0184. The van der Waals surface area contributed by atoms with Crippen molar-refractivity contribution in [1.29, 1.82) is 0 Å². The van der Waals surface area contributed by atoms with E-state index in [1.165, 1.54) is 29.8 Å². The van der Waals surface area contributed by atoms with Crippen molar-refractivity contribution >= 4 is 64.3 Å². The van der Waals surface area contributed by atoms with Crippen LogP contribution in [0.15, 0.2) is 80.6 Å². The number of methoxy groups -OCH3 is 1. The fourth-order valence-corrected chi connectivity index (χ4v) is 4.10. The van der Waals surface area contributed by atoms with Crippen LogP contribution in [-0.2, 0) is 9.59 Å². The number of nitrogens with zero attached hydrogens (tertiary/aromatic N) is 1. The third-order valence-corrected chi connectivity index (χ3v) is 5.81. The van der Waals surface area contributed by atoms with Crippen molar-refractivity contribution < 1.29 is 18.7 Å². The molecule has 4 rings (SSSR count). The highest BCUT2D eigenvalue weighted by Crippen LogP contribution is 2.33. The number of para-hydroxylation sites is 2. The van der Waals surface area contributed by atoms with Crippen molar-refractivity contribution in [2.45, 2.75) is 9.99 Å². The number of hydrogen-bond acceptors (Lipinski definition) is 6. The molecule has 2 aromatic carbocycles. The first-order chi connectivity index (χ1) is 15.0. The molecule has 1 aromatic heterocycles. The van der Waals surface area contributed by atoms with E-state index in [4.69, 9.17) is 33.0 Å². The van der Waals surface area contributed by atoms with Gasteiger partial charge in [0, 0.05) is 9.92 Å². The predicted octanol–water partition coefficient (Wildman–Crippen LogP) is 4.92. The molecular weight excluding hydrogens is 456 g/mol. The zero-order chi connectivity index (χ0) is 22.0. The summed E-state index contributed by atoms with van der Waals surface area (Å²) in [6.07, 6.45) is 1.40. The molecule has 156 valence electrons. The smallest absolute Gasteiger partial charge is 0.270 e. The maximum atomic E-state index is 13.1. The van der Waals surface area contributed by atoms with Crippen LogP contribution in [0.3, 0.4) is 0 Å². The van der Waals surface area contributed by atoms with Gasteiger partial charge in [-0.1, -0.05) is 35.5 Å². The molecule has 2 heterocycles. The molecule has 0 radical (unpaired) electrons. The van der Waals surface area contributed by atoms with Crippen LogP contribution in [0, 0.1) is 0 Å². The molecule has 1 fully saturated rings. The van der Waals surface area contributed by atoms with Crippen molar-refractivity contribution in [1.82, 2.24) is 5.32 Å². The first-order valence-corrected chi connectivity index (χ1v) is 10.6. The van der Waals surface area contributed by atoms with Gasteiger partial charge in [0.1, 0.15) is 17.1 Å². The van der Waals surface area contributed by atoms with Gasteiger partial charge < -0.3 is 9.15 Å². The van der Waals surface area contributed by atoms with Gasteiger partial charge in [0.05, 0.1) is 12.8 Å². The summed E-state index contributed by atoms with van der Waals surface area (Å²) in [5.41, 5.74) is 0.334. The zero-order valence-corrected chi connectivity index (χ0v) is 18.5. The van der Waals surface area contributed by atoms with Crippen LogP contribution in [0.2, 0.25) is 5.02 Å². The monoisotopic (exact) mass is 470 g/mol. The van der Waals surface area contributed by atoms with E-state index in [-0.39, 0.29) is 10.7 Å². The Labute approximate surface area is 192 Å². The van der Waals surface area contributed by atoms with Crippen LogP contribution in [0.25, 0.3) is 6.08 Å². The Bertz CT molecular complexity index is 1200. The van der Waals surface area contributed by atoms with Crippen molar-refractivity contribution in [3.8, 4) is 5.75 Å². The minimum atomic E-state index is -0.593. The number of anilines is 1. The molecule has 1 aliphatic rings. The summed E-state index contributed by atoms with van der Waals surface area (Å²) >= 11 is 12.5. The highest BCUT2D eigenvalue weighted by molar-refractivity contribution is 7.99. The van der Waals surface area contributed by atoms with E-state index in [0.29, 0.717) is 27.3 Å². The largest absolute Gasteiger partial charge is 0.495 e. The third kappa shape index (κ3) is 4.51. The van der Waals surface area contributed by atoms with E-state index in [0.717, 1.165) is 4.90 Å². The standard InChI is InChI=1S/C22H15ClN2O4S2/c1-28-18-5-3-2-4-17(18)25-21(27)16(20(26)24-22(25)30)12-14-8-11-19(29-14)31-15-9-6-13(23)7-10-15/h2-12H,1H3,(H,24,26,30)/b16-12+. The van der Waals surface area contributed by atoms with Crippen molar-refractivity contribution in [2.75, 3.05) is 12.0 Å². The molecule has 1 N–H and O–H groups in total. The van der Waals surface area contributed by atoms with Gasteiger partial charge >= 0.3 is 0 Å². The van der Waals surface area contributed by atoms with Crippen LogP contribution in [0.1, 0.15) is 5.76 Å². The SMILES string of the molecule is COc1ccccc1N1C(=O)/C(=C/c2ccc(Sc3ccc(Cl)cc3)o2)C(=O)NC1=S. The summed E-state index contributed by atoms with van der Waals surface area (Å²) in [5.74, 6) is -0.345. The van der Waals surface area contributed by atoms with E-state index in [1.54, 1.807) is 48.5 Å². The van der Waals surface area contributed by atoms with Crippen LogP contribution in [0.5, 0.6) is 5.75 Å². The predicted molar refractivity (Wildman–Crippen MR) is 123 cm³/mol. The number of halogens is 1. The molecule has 1 aliphatic heterocycles. The Hall–Kier alpha value is -3.07. The minimum Gasteiger partial charge on any atom is -0.495 e. The molecule has 0 aliphatic carbocycles. The van der Waals surface area contributed by atoms with Crippen molar-refractivity contribution in [3.63, 3.8) is 0 Å². The average molecular weight is 471 g/mol. The normalized spacial score (nSPS) is 15.4. The number of thiocarbonyl (C=S) groups is 1. The molecule has 0 unspecified atom stereocenters. The molecular formula is C22H15ClN2O4S2. The summed E-state index contributed by atoms with van der Waals surface area (Å²) in [7, 11) is 1.49. The summed E-state index contributed by atoms with van der Waals surface area (Å²) in [5, 5.41) is 3.78. The number of carbonyl (C=O) groups excluding carboxylic acids is 2. The number of amides is 2. The fraction of sp³-hybridized carbons (Fsp3) is 0.0455. The Morgan fingerprint density at radius 1 is 1.10 bits per heavy atom. The summed E-state index contributed by atoms with van der Waals surface area (Å²) in [4.78, 5) is 27.8. The molecule has 31 heavy (non-hydrogen) atoms. The van der Waals surface area contributed by atoms with E-state index in [9.17, 15) is 9.59 Å². The van der Waals surface area contributed by atoms with Gasteiger partial charge in [-0.3, -0.25) is 14.9 Å². The van der Waals surface area contributed by atoms with E-state index in [2.05, 4.69) is 5.32 Å². The Morgan fingerprint density at radius 3 is 2.58 bits per heavy atom. The Morgan fingerprint density at radius 2 is 1.84 bits per heavy atom. The first-order valence-electron chi connectivity index (χ1n) is 9.04. The van der Waals surface area contributed by atoms with E-state index >= 15 is 0 Å². The maximum Gasteiger partial charge on any atom is 0.270 e. The van der Waals surface area contributed by atoms with Gasteiger partial charge in [-0.15, -0.1) is 0 Å². The molecule has 9 heteroatoms. The Balaban J connectivity index is 1.61. The summed E-state index contributed by atoms with van der Waals surface area (Å²) < 4.78 is 11.1. The highest BCUT2D eigenvalue weighted by atomic mass is 35.5. The molecule has 0 saturated carbocycles. The van der Waals surface area contributed by atoms with Crippen molar-refractivity contribution in [2.24, 2.45) is 0 Å². The van der Waals surface area contributed by atoms with Crippen molar-refractivity contribution in [3.05, 3.63) is 77.0 Å². The molecule has 6 nitrogen and oxygen atoms in total. The van der Waals surface area contributed by atoms with E-state index < -0.39 is 11.8 Å². The molecule has 0 bridgehead atoms. The van der Waals surface area contributed by atoms with Gasteiger partial charge in [-0.2, -0.15) is 0 Å². The number of benzene rings is 2. The quantitative estimate of drug-likeness (QED) is 0.324. The van der Waals surface area contributed by atoms with Gasteiger partial charge in [-0.25, -0.2) is 4.90 Å². The number of nitrogens with one attached hydrogen (secondary N) is 1. The maximum absolute atomic E-state index is 13.1. The number of rotatable bonds is 5. The lowest BCUT2D eigenvalue weighted by Gasteiger charge is -2.29. The van der Waals surface area contributed by atoms with Gasteiger partial charge in [0.25, 0.3) is 11.8 Å². The average Bonchev–Trinajstić information content (AvgIpc) is 3.20. The molecule has 0 spiro atoms. The van der Waals surface area contributed by atoms with Gasteiger partial charge in [-0.05, 0) is 66.8 Å². The molecule has 1 saturated heterocycles. The number of furan rings is 1. The molecule has 0 atom stereocenters. The molecule has 3 aromatic rings. The number of hydrogen-bond donors (Lipinski definition) is 1. The number of carbonyl (C=O) groups is 2.